The summed E-state index contributed by atoms with van der Waals surface area (Å²) >= 11 is 1.64. The minimum Gasteiger partial charge on any atom is -0.353 e. The maximum atomic E-state index is 12.1. The number of hydrogen-bond acceptors (Lipinski definition) is 4. The molecule has 2 atom stereocenters. The number of carbonyl (C=O) groups is 1. The lowest BCUT2D eigenvalue weighted by Crippen LogP contribution is -2.48. The van der Waals surface area contributed by atoms with E-state index < -0.39 is 0 Å². The average molecular weight is 368 g/mol. The highest BCUT2D eigenvalue weighted by molar-refractivity contribution is 7.09. The summed E-state index contributed by atoms with van der Waals surface area (Å²) in [6.07, 6.45) is 1.40. The molecule has 2 unspecified atom stereocenters. The van der Waals surface area contributed by atoms with Gasteiger partial charge in [-0.15, -0.1) is 36.2 Å². The lowest BCUT2D eigenvalue weighted by atomic mass is 9.95. The maximum Gasteiger partial charge on any atom is 0.226 e. The number of rotatable bonds is 3. The normalized spacial score (nSPS) is 21.5. The zero-order valence-corrected chi connectivity index (χ0v) is 16.1. The molecule has 0 spiro atoms. The summed E-state index contributed by atoms with van der Waals surface area (Å²) in [4.78, 5) is 16.7. The van der Waals surface area contributed by atoms with Gasteiger partial charge in [-0.1, -0.05) is 27.7 Å². The fourth-order valence-electron chi connectivity index (χ4n) is 2.38. The molecule has 0 aromatic carbocycles. The first-order valence-electron chi connectivity index (χ1n) is 7.31. The molecule has 1 aliphatic heterocycles. The largest absolute Gasteiger partial charge is 0.353 e. The standard InChI is InChI=1S/C15H25N3OS.2ClH/c1-10-8-16-6-5-12(10)18-13(19)7-11-9-20-14(17-11)15(2,3)4;;/h9-10,12,16H,5-8H2,1-4H3,(H,18,19);2*1H. The number of aromatic nitrogens is 1. The Balaban J connectivity index is 0.00000220. The molecule has 2 N–H and O–H groups in total. The molecule has 1 saturated heterocycles. The smallest absolute Gasteiger partial charge is 0.226 e. The number of nitrogens with zero attached hydrogens (tertiary/aromatic N) is 1. The second kappa shape index (κ2) is 9.06. The van der Waals surface area contributed by atoms with Crippen LogP contribution >= 0.6 is 36.2 Å². The van der Waals surface area contributed by atoms with Gasteiger partial charge in [0, 0.05) is 16.8 Å². The zero-order valence-electron chi connectivity index (χ0n) is 13.6. The molecule has 2 rings (SSSR count). The van der Waals surface area contributed by atoms with Crippen LogP contribution in [0.4, 0.5) is 0 Å². The van der Waals surface area contributed by atoms with Crippen LogP contribution in [0.15, 0.2) is 5.38 Å². The van der Waals surface area contributed by atoms with E-state index in [4.69, 9.17) is 0 Å². The van der Waals surface area contributed by atoms with Crippen molar-refractivity contribution in [2.45, 2.75) is 52.0 Å². The summed E-state index contributed by atoms with van der Waals surface area (Å²) < 4.78 is 0. The highest BCUT2D eigenvalue weighted by Gasteiger charge is 2.23. The first kappa shape index (κ1) is 21.6. The van der Waals surface area contributed by atoms with Gasteiger partial charge < -0.3 is 10.6 Å². The van der Waals surface area contributed by atoms with Crippen LogP contribution in [0.1, 0.15) is 44.8 Å². The number of halogens is 2. The van der Waals surface area contributed by atoms with Crippen LogP contribution in [0.3, 0.4) is 0 Å². The van der Waals surface area contributed by atoms with Crippen molar-refractivity contribution in [2.24, 2.45) is 5.92 Å². The summed E-state index contributed by atoms with van der Waals surface area (Å²) in [5.74, 6) is 0.586. The average Bonchev–Trinajstić information content (AvgIpc) is 2.80. The van der Waals surface area contributed by atoms with E-state index in [0.717, 1.165) is 30.2 Å². The van der Waals surface area contributed by atoms with Crippen LogP contribution in [-0.4, -0.2) is 30.0 Å². The van der Waals surface area contributed by atoms with Gasteiger partial charge >= 0.3 is 0 Å². The Morgan fingerprint density at radius 3 is 2.68 bits per heavy atom. The molecule has 1 aliphatic rings. The minimum atomic E-state index is 0. The molecular formula is C15H27Cl2N3OS. The van der Waals surface area contributed by atoms with Gasteiger partial charge in [-0.2, -0.15) is 0 Å². The highest BCUT2D eigenvalue weighted by Crippen LogP contribution is 2.25. The van der Waals surface area contributed by atoms with Crippen LogP contribution in [0.5, 0.6) is 0 Å². The first-order chi connectivity index (χ1) is 9.36. The zero-order chi connectivity index (χ0) is 14.8. The van der Waals surface area contributed by atoms with E-state index in [1.807, 2.05) is 5.38 Å². The molecule has 1 aromatic rings. The Hall–Kier alpha value is -0.360. The highest BCUT2D eigenvalue weighted by atomic mass is 35.5. The van der Waals surface area contributed by atoms with Crippen molar-refractivity contribution in [1.82, 2.24) is 15.6 Å². The number of thiazole rings is 1. The molecule has 22 heavy (non-hydrogen) atoms. The molecular weight excluding hydrogens is 341 g/mol. The second-order valence-corrected chi connectivity index (χ2v) is 7.57. The summed E-state index contributed by atoms with van der Waals surface area (Å²) in [6.45, 7) is 10.6. The molecule has 1 amide bonds. The van der Waals surface area contributed by atoms with Gasteiger partial charge in [0.1, 0.15) is 0 Å². The van der Waals surface area contributed by atoms with Crippen LogP contribution in [0.2, 0.25) is 0 Å². The van der Waals surface area contributed by atoms with E-state index in [1.54, 1.807) is 11.3 Å². The Morgan fingerprint density at radius 1 is 1.45 bits per heavy atom. The van der Waals surface area contributed by atoms with Crippen molar-refractivity contribution in [3.63, 3.8) is 0 Å². The summed E-state index contributed by atoms with van der Waals surface area (Å²) in [5.41, 5.74) is 0.946. The van der Waals surface area contributed by atoms with Gasteiger partial charge in [0.2, 0.25) is 5.91 Å². The van der Waals surface area contributed by atoms with Gasteiger partial charge in [-0.25, -0.2) is 4.98 Å². The minimum absolute atomic E-state index is 0. The quantitative estimate of drug-likeness (QED) is 0.863. The predicted molar refractivity (Wildman–Crippen MR) is 97.6 cm³/mol. The molecule has 1 aromatic heterocycles. The predicted octanol–water partition coefficient (Wildman–Crippen LogP) is 2.94. The van der Waals surface area contributed by atoms with Crippen LogP contribution in [-0.2, 0) is 16.6 Å². The monoisotopic (exact) mass is 367 g/mol. The fourth-order valence-corrected chi connectivity index (χ4v) is 3.29. The molecule has 2 heterocycles. The maximum absolute atomic E-state index is 12.1. The molecule has 0 aliphatic carbocycles. The number of carbonyl (C=O) groups excluding carboxylic acids is 1. The number of nitrogens with one attached hydrogen (secondary N) is 2. The number of piperidine rings is 1. The molecule has 0 saturated carbocycles. The van der Waals surface area contributed by atoms with Gasteiger partial charge in [0.05, 0.1) is 17.1 Å². The van der Waals surface area contributed by atoms with E-state index in [2.05, 4.69) is 43.3 Å². The Morgan fingerprint density at radius 2 is 2.14 bits per heavy atom. The van der Waals surface area contributed by atoms with Crippen molar-refractivity contribution < 1.29 is 4.79 Å². The molecule has 0 radical (unpaired) electrons. The van der Waals surface area contributed by atoms with E-state index in [0.29, 0.717) is 18.4 Å². The second-order valence-electron chi connectivity index (χ2n) is 6.71. The Kier molecular flexibility index (Phi) is 8.91. The van der Waals surface area contributed by atoms with Gasteiger partial charge in [0.15, 0.2) is 0 Å². The Labute approximate surface area is 149 Å². The van der Waals surface area contributed by atoms with Crippen molar-refractivity contribution >= 4 is 42.1 Å². The van der Waals surface area contributed by atoms with Crippen molar-refractivity contribution in [2.75, 3.05) is 13.1 Å². The van der Waals surface area contributed by atoms with Crippen LogP contribution in [0, 0.1) is 5.92 Å². The molecule has 0 bridgehead atoms. The van der Waals surface area contributed by atoms with E-state index in [9.17, 15) is 4.79 Å². The Bertz CT molecular complexity index is 474. The third-order valence-electron chi connectivity index (χ3n) is 3.67. The van der Waals surface area contributed by atoms with E-state index >= 15 is 0 Å². The summed E-state index contributed by atoms with van der Waals surface area (Å²) in [5, 5.41) is 9.60. The third kappa shape index (κ3) is 6.03. The van der Waals surface area contributed by atoms with E-state index in [1.165, 1.54) is 0 Å². The van der Waals surface area contributed by atoms with Crippen molar-refractivity contribution in [1.29, 1.82) is 0 Å². The topological polar surface area (TPSA) is 54.0 Å². The van der Waals surface area contributed by atoms with Crippen molar-refractivity contribution in [3.8, 4) is 0 Å². The van der Waals surface area contributed by atoms with E-state index in [-0.39, 0.29) is 36.1 Å². The number of amides is 1. The molecule has 128 valence electrons. The van der Waals surface area contributed by atoms with Crippen molar-refractivity contribution in [3.05, 3.63) is 16.1 Å². The molecule has 1 fully saturated rings. The number of hydrogen-bond donors (Lipinski definition) is 2. The van der Waals surface area contributed by atoms with Gasteiger partial charge in [-0.3, -0.25) is 4.79 Å². The molecule has 4 nitrogen and oxygen atoms in total. The summed E-state index contributed by atoms with van der Waals surface area (Å²) in [7, 11) is 0. The summed E-state index contributed by atoms with van der Waals surface area (Å²) in [6, 6.07) is 0.296. The third-order valence-corrected chi connectivity index (χ3v) is 4.98. The van der Waals surface area contributed by atoms with Gasteiger partial charge in [0.25, 0.3) is 0 Å². The lowest BCUT2D eigenvalue weighted by molar-refractivity contribution is -0.121. The van der Waals surface area contributed by atoms with Gasteiger partial charge in [-0.05, 0) is 25.4 Å². The SMILES string of the molecule is CC1CNCCC1NC(=O)Cc1csc(C(C)(C)C)n1.Cl.Cl. The first-order valence-corrected chi connectivity index (χ1v) is 8.19. The van der Waals surface area contributed by atoms with Crippen LogP contribution < -0.4 is 10.6 Å². The lowest BCUT2D eigenvalue weighted by Gasteiger charge is -2.30. The molecule has 7 heteroatoms. The van der Waals surface area contributed by atoms with Crippen LogP contribution in [0.25, 0.3) is 0 Å². The fraction of sp³-hybridized carbons (Fsp3) is 0.733.